The van der Waals surface area contributed by atoms with Crippen LogP contribution in [-0.4, -0.2) is 6.04 Å². The molecule has 60 valence electrons. The molecule has 0 aliphatic heterocycles. The standard InChI is InChI=1S/C9H19N/c1-5-7-10-9(4)8(3)6-2/h5,7-10H,6H2,1-4H3/b7-5+/t8?,9-/m1/s1. The van der Waals surface area contributed by atoms with Crippen molar-refractivity contribution in [2.24, 2.45) is 5.92 Å². The lowest BCUT2D eigenvalue weighted by atomic mass is 10.0. The van der Waals surface area contributed by atoms with Gasteiger partial charge in [0, 0.05) is 6.04 Å². The second-order valence-corrected chi connectivity index (χ2v) is 2.84. The number of nitrogens with one attached hydrogen (secondary N) is 1. The van der Waals surface area contributed by atoms with Crippen molar-refractivity contribution < 1.29 is 0 Å². The van der Waals surface area contributed by atoms with Crippen LogP contribution < -0.4 is 5.32 Å². The highest BCUT2D eigenvalue weighted by Crippen LogP contribution is 2.05. The molecule has 0 saturated carbocycles. The van der Waals surface area contributed by atoms with E-state index in [4.69, 9.17) is 0 Å². The lowest BCUT2D eigenvalue weighted by Crippen LogP contribution is -2.27. The average Bonchev–Trinajstić information content (AvgIpc) is 1.98. The number of rotatable bonds is 4. The predicted molar refractivity (Wildman–Crippen MR) is 46.9 cm³/mol. The highest BCUT2D eigenvalue weighted by atomic mass is 14.9. The average molecular weight is 141 g/mol. The fraction of sp³-hybridized carbons (Fsp3) is 0.778. The Morgan fingerprint density at radius 1 is 1.40 bits per heavy atom. The molecule has 0 spiro atoms. The maximum atomic E-state index is 3.30. The minimum absolute atomic E-state index is 0.598. The fourth-order valence-corrected chi connectivity index (χ4v) is 0.766. The third kappa shape index (κ3) is 3.54. The van der Waals surface area contributed by atoms with Crippen LogP contribution >= 0.6 is 0 Å². The van der Waals surface area contributed by atoms with Gasteiger partial charge in [0.15, 0.2) is 0 Å². The van der Waals surface area contributed by atoms with Gasteiger partial charge in [-0.05, 0) is 26.0 Å². The number of hydrogen-bond acceptors (Lipinski definition) is 1. The molecule has 0 fully saturated rings. The highest BCUT2D eigenvalue weighted by Gasteiger charge is 2.05. The van der Waals surface area contributed by atoms with Crippen LogP contribution in [0, 0.1) is 5.92 Å². The highest BCUT2D eigenvalue weighted by molar-refractivity contribution is 4.79. The molecule has 0 rings (SSSR count). The molecule has 0 aromatic heterocycles. The van der Waals surface area contributed by atoms with Crippen LogP contribution in [0.25, 0.3) is 0 Å². The Morgan fingerprint density at radius 2 is 2.00 bits per heavy atom. The van der Waals surface area contributed by atoms with E-state index in [0.29, 0.717) is 6.04 Å². The third-order valence-electron chi connectivity index (χ3n) is 2.02. The summed E-state index contributed by atoms with van der Waals surface area (Å²) in [5, 5.41) is 3.30. The zero-order chi connectivity index (χ0) is 7.98. The molecule has 0 aromatic rings. The van der Waals surface area contributed by atoms with Gasteiger partial charge in [0.25, 0.3) is 0 Å². The van der Waals surface area contributed by atoms with Gasteiger partial charge in [-0.15, -0.1) is 0 Å². The van der Waals surface area contributed by atoms with Crippen LogP contribution in [-0.2, 0) is 0 Å². The van der Waals surface area contributed by atoms with E-state index in [-0.39, 0.29) is 0 Å². The van der Waals surface area contributed by atoms with E-state index in [1.807, 2.05) is 19.2 Å². The first-order valence-electron chi connectivity index (χ1n) is 4.09. The maximum Gasteiger partial charge on any atom is 0.0252 e. The van der Waals surface area contributed by atoms with Crippen LogP contribution in [0.1, 0.15) is 34.1 Å². The summed E-state index contributed by atoms with van der Waals surface area (Å²) in [4.78, 5) is 0. The molecule has 0 amide bonds. The van der Waals surface area contributed by atoms with Crippen LogP contribution in [0.3, 0.4) is 0 Å². The molecule has 0 bridgehead atoms. The molecule has 0 radical (unpaired) electrons. The lowest BCUT2D eigenvalue weighted by molar-refractivity contribution is 0.426. The smallest absolute Gasteiger partial charge is 0.0252 e. The normalized spacial score (nSPS) is 17.2. The molecular weight excluding hydrogens is 122 g/mol. The molecule has 0 aromatic carbocycles. The van der Waals surface area contributed by atoms with Gasteiger partial charge in [0.1, 0.15) is 0 Å². The molecule has 1 heteroatoms. The predicted octanol–water partition coefficient (Wildman–Crippen LogP) is 2.54. The molecule has 1 unspecified atom stereocenters. The fourth-order valence-electron chi connectivity index (χ4n) is 0.766. The maximum absolute atomic E-state index is 3.30. The molecule has 0 heterocycles. The second-order valence-electron chi connectivity index (χ2n) is 2.84. The van der Waals surface area contributed by atoms with Crippen molar-refractivity contribution in [3.8, 4) is 0 Å². The third-order valence-corrected chi connectivity index (χ3v) is 2.02. The van der Waals surface area contributed by atoms with Crippen LogP contribution in [0.2, 0.25) is 0 Å². The Kier molecular flexibility index (Phi) is 5.09. The van der Waals surface area contributed by atoms with Crippen molar-refractivity contribution in [2.45, 2.75) is 40.2 Å². The molecule has 0 aliphatic rings. The Morgan fingerprint density at radius 3 is 2.40 bits per heavy atom. The largest absolute Gasteiger partial charge is 0.388 e. The number of allylic oxidation sites excluding steroid dienone is 1. The second kappa shape index (κ2) is 5.33. The first-order chi connectivity index (χ1) is 4.72. The summed E-state index contributed by atoms with van der Waals surface area (Å²) in [6, 6.07) is 0.598. The van der Waals surface area contributed by atoms with Gasteiger partial charge in [-0.25, -0.2) is 0 Å². The van der Waals surface area contributed by atoms with Crippen molar-refractivity contribution in [3.05, 3.63) is 12.3 Å². The van der Waals surface area contributed by atoms with Crippen molar-refractivity contribution >= 4 is 0 Å². The molecule has 10 heavy (non-hydrogen) atoms. The van der Waals surface area contributed by atoms with E-state index in [0.717, 1.165) is 5.92 Å². The van der Waals surface area contributed by atoms with Crippen molar-refractivity contribution in [3.63, 3.8) is 0 Å². The van der Waals surface area contributed by atoms with Crippen molar-refractivity contribution in [2.75, 3.05) is 0 Å². The Hall–Kier alpha value is -0.460. The van der Waals surface area contributed by atoms with E-state index >= 15 is 0 Å². The van der Waals surface area contributed by atoms with Crippen molar-refractivity contribution in [1.82, 2.24) is 5.32 Å². The first-order valence-corrected chi connectivity index (χ1v) is 4.09. The van der Waals surface area contributed by atoms with Gasteiger partial charge in [0.05, 0.1) is 0 Å². The summed E-state index contributed by atoms with van der Waals surface area (Å²) >= 11 is 0. The summed E-state index contributed by atoms with van der Waals surface area (Å²) in [7, 11) is 0. The Labute approximate surface area is 64.5 Å². The van der Waals surface area contributed by atoms with Gasteiger partial charge >= 0.3 is 0 Å². The topological polar surface area (TPSA) is 12.0 Å². The summed E-state index contributed by atoms with van der Waals surface area (Å²) < 4.78 is 0. The minimum atomic E-state index is 0.598. The van der Waals surface area contributed by atoms with Gasteiger partial charge < -0.3 is 5.32 Å². The van der Waals surface area contributed by atoms with Gasteiger partial charge in [-0.2, -0.15) is 0 Å². The lowest BCUT2D eigenvalue weighted by Gasteiger charge is -2.17. The monoisotopic (exact) mass is 141 g/mol. The van der Waals surface area contributed by atoms with E-state index in [1.165, 1.54) is 6.42 Å². The van der Waals surface area contributed by atoms with E-state index in [1.54, 1.807) is 0 Å². The molecular formula is C9H19N. The van der Waals surface area contributed by atoms with Gasteiger partial charge in [-0.1, -0.05) is 26.3 Å². The molecule has 1 nitrogen and oxygen atoms in total. The molecule has 1 N–H and O–H groups in total. The summed E-state index contributed by atoms with van der Waals surface area (Å²) in [6.07, 6.45) is 5.28. The Balaban J connectivity index is 3.50. The van der Waals surface area contributed by atoms with E-state index in [2.05, 4.69) is 26.1 Å². The SMILES string of the molecule is C/C=C/N[C@H](C)C(C)CC. The van der Waals surface area contributed by atoms with Gasteiger partial charge in [0.2, 0.25) is 0 Å². The molecule has 0 aliphatic carbocycles. The zero-order valence-electron chi connectivity index (χ0n) is 7.52. The molecule has 2 atom stereocenters. The minimum Gasteiger partial charge on any atom is -0.388 e. The molecule has 0 saturated heterocycles. The van der Waals surface area contributed by atoms with Crippen LogP contribution in [0.5, 0.6) is 0 Å². The van der Waals surface area contributed by atoms with Gasteiger partial charge in [-0.3, -0.25) is 0 Å². The zero-order valence-corrected chi connectivity index (χ0v) is 7.52. The van der Waals surface area contributed by atoms with Crippen LogP contribution in [0.15, 0.2) is 12.3 Å². The first kappa shape index (κ1) is 9.54. The summed E-state index contributed by atoms with van der Waals surface area (Å²) in [6.45, 7) is 8.73. The van der Waals surface area contributed by atoms with Crippen LogP contribution in [0.4, 0.5) is 0 Å². The summed E-state index contributed by atoms with van der Waals surface area (Å²) in [5.41, 5.74) is 0. The van der Waals surface area contributed by atoms with Crippen molar-refractivity contribution in [1.29, 1.82) is 0 Å². The van der Waals surface area contributed by atoms with E-state index in [9.17, 15) is 0 Å². The number of hydrogen-bond donors (Lipinski definition) is 1. The quantitative estimate of drug-likeness (QED) is 0.634. The summed E-state index contributed by atoms with van der Waals surface area (Å²) in [5.74, 6) is 0.760. The van der Waals surface area contributed by atoms with E-state index < -0.39 is 0 Å². The Bertz CT molecular complexity index is 96.9.